The van der Waals surface area contributed by atoms with Gasteiger partial charge in [0.15, 0.2) is 0 Å². The fourth-order valence-electron chi connectivity index (χ4n) is 4.18. The molecule has 1 N–H and O–H groups in total. The summed E-state index contributed by atoms with van der Waals surface area (Å²) in [6.45, 7) is 13.7. The van der Waals surface area contributed by atoms with Gasteiger partial charge in [-0.2, -0.15) is 5.10 Å². The molecular formula is C26H34ClN5. The number of piperazine rings is 1. The van der Waals surface area contributed by atoms with Gasteiger partial charge in [-0.25, -0.2) is 0 Å². The maximum absolute atomic E-state index is 6.08. The first-order chi connectivity index (χ1) is 15.4. The number of anilines is 1. The van der Waals surface area contributed by atoms with Crippen LogP contribution in [-0.2, 0) is 12.1 Å². The second kappa shape index (κ2) is 10.1. The second-order valence-electron chi connectivity index (χ2n) is 9.45. The van der Waals surface area contributed by atoms with E-state index in [-0.39, 0.29) is 5.54 Å². The molecule has 4 rings (SSSR count). The van der Waals surface area contributed by atoms with Crippen LogP contribution in [0.3, 0.4) is 0 Å². The summed E-state index contributed by atoms with van der Waals surface area (Å²) in [6, 6.07) is 20.9. The molecule has 0 spiro atoms. The van der Waals surface area contributed by atoms with Crippen molar-refractivity contribution in [1.82, 2.24) is 20.0 Å². The normalized spacial score (nSPS) is 15.3. The Morgan fingerprint density at radius 3 is 2.28 bits per heavy atom. The standard InChI is InChI=1S/C26H34ClN5/c1-26(2,3)32-25(21-9-11-22(27)12-10-21)19-23(29-32)20-28-13-14-30-15-17-31(18-16-30)24-7-5-4-6-8-24/h4-12,19,28H,13-18,20H2,1-3H3. The van der Waals surface area contributed by atoms with Crippen LogP contribution in [0.5, 0.6) is 0 Å². The number of nitrogens with one attached hydrogen (secondary N) is 1. The van der Waals surface area contributed by atoms with Crippen molar-refractivity contribution in [3.05, 3.63) is 71.4 Å². The Labute approximate surface area is 197 Å². The molecule has 0 amide bonds. The molecule has 6 heteroatoms. The molecular weight excluding hydrogens is 418 g/mol. The van der Waals surface area contributed by atoms with E-state index in [1.165, 1.54) is 5.69 Å². The third-order valence-corrected chi connectivity index (χ3v) is 6.19. The molecule has 2 aromatic carbocycles. The molecule has 2 heterocycles. The van der Waals surface area contributed by atoms with Crippen LogP contribution in [0.1, 0.15) is 26.5 Å². The molecule has 1 aliphatic heterocycles. The number of aromatic nitrogens is 2. The first-order valence-corrected chi connectivity index (χ1v) is 11.9. The fraction of sp³-hybridized carbons (Fsp3) is 0.423. The van der Waals surface area contributed by atoms with Gasteiger partial charge in [-0.15, -0.1) is 0 Å². The van der Waals surface area contributed by atoms with Crippen LogP contribution in [0, 0.1) is 0 Å². The van der Waals surface area contributed by atoms with E-state index in [9.17, 15) is 0 Å². The summed E-state index contributed by atoms with van der Waals surface area (Å²) in [7, 11) is 0. The Hall–Kier alpha value is -2.34. The molecule has 1 saturated heterocycles. The van der Waals surface area contributed by atoms with Gasteiger partial charge in [-0.05, 0) is 56.7 Å². The van der Waals surface area contributed by atoms with E-state index < -0.39 is 0 Å². The predicted molar refractivity (Wildman–Crippen MR) is 134 cm³/mol. The highest BCUT2D eigenvalue weighted by Gasteiger charge is 2.21. The minimum Gasteiger partial charge on any atom is -0.369 e. The lowest BCUT2D eigenvalue weighted by atomic mass is 10.1. The van der Waals surface area contributed by atoms with E-state index >= 15 is 0 Å². The van der Waals surface area contributed by atoms with Crippen LogP contribution in [0.4, 0.5) is 5.69 Å². The third kappa shape index (κ3) is 5.71. The number of rotatable bonds is 7. The van der Waals surface area contributed by atoms with Crippen molar-refractivity contribution in [1.29, 1.82) is 0 Å². The summed E-state index contributed by atoms with van der Waals surface area (Å²) < 4.78 is 2.12. The molecule has 0 aliphatic carbocycles. The van der Waals surface area contributed by atoms with Crippen LogP contribution >= 0.6 is 11.6 Å². The first-order valence-electron chi connectivity index (χ1n) is 11.5. The Kier molecular flexibility index (Phi) is 7.19. The highest BCUT2D eigenvalue weighted by Crippen LogP contribution is 2.27. The van der Waals surface area contributed by atoms with Gasteiger partial charge in [0.05, 0.1) is 16.9 Å². The number of hydrogen-bond donors (Lipinski definition) is 1. The van der Waals surface area contributed by atoms with Crippen LogP contribution in [-0.4, -0.2) is 53.9 Å². The van der Waals surface area contributed by atoms with Gasteiger partial charge >= 0.3 is 0 Å². The van der Waals surface area contributed by atoms with Gasteiger partial charge in [0.1, 0.15) is 0 Å². The number of hydrogen-bond acceptors (Lipinski definition) is 4. The van der Waals surface area contributed by atoms with E-state index in [2.05, 4.69) is 89.1 Å². The molecule has 170 valence electrons. The van der Waals surface area contributed by atoms with Gasteiger partial charge in [0, 0.05) is 56.5 Å². The highest BCUT2D eigenvalue weighted by atomic mass is 35.5. The van der Waals surface area contributed by atoms with Crippen molar-refractivity contribution in [2.24, 2.45) is 0 Å². The van der Waals surface area contributed by atoms with Crippen LogP contribution in [0.15, 0.2) is 60.7 Å². The van der Waals surface area contributed by atoms with Crippen molar-refractivity contribution in [3.8, 4) is 11.3 Å². The topological polar surface area (TPSA) is 36.3 Å². The number of nitrogens with zero attached hydrogens (tertiary/aromatic N) is 4. The summed E-state index contributed by atoms with van der Waals surface area (Å²) in [4.78, 5) is 5.01. The molecule has 0 bridgehead atoms. The van der Waals surface area contributed by atoms with E-state index in [1.54, 1.807) is 0 Å². The first kappa shape index (κ1) is 22.8. The third-order valence-electron chi connectivity index (χ3n) is 5.94. The quantitative estimate of drug-likeness (QED) is 0.520. The van der Waals surface area contributed by atoms with Crippen LogP contribution < -0.4 is 10.2 Å². The maximum atomic E-state index is 6.08. The SMILES string of the molecule is CC(C)(C)n1nc(CNCCN2CCN(c3ccccc3)CC2)cc1-c1ccc(Cl)cc1. The number of benzene rings is 2. The highest BCUT2D eigenvalue weighted by molar-refractivity contribution is 6.30. The van der Waals surface area contributed by atoms with Gasteiger partial charge in [0.25, 0.3) is 0 Å². The largest absolute Gasteiger partial charge is 0.369 e. The summed E-state index contributed by atoms with van der Waals surface area (Å²) in [5.41, 5.74) is 4.57. The van der Waals surface area contributed by atoms with Crippen molar-refractivity contribution in [2.75, 3.05) is 44.2 Å². The van der Waals surface area contributed by atoms with Crippen LogP contribution in [0.2, 0.25) is 5.02 Å². The second-order valence-corrected chi connectivity index (χ2v) is 9.89. The zero-order valence-electron chi connectivity index (χ0n) is 19.4. The molecule has 1 aromatic heterocycles. The molecule has 3 aromatic rings. The smallest absolute Gasteiger partial charge is 0.0769 e. The minimum absolute atomic E-state index is 0.0916. The summed E-state index contributed by atoms with van der Waals surface area (Å²) in [5, 5.41) is 9.25. The monoisotopic (exact) mass is 451 g/mol. The van der Waals surface area contributed by atoms with Crippen molar-refractivity contribution >= 4 is 17.3 Å². The zero-order valence-corrected chi connectivity index (χ0v) is 20.1. The van der Waals surface area contributed by atoms with Gasteiger partial charge in [-0.3, -0.25) is 9.58 Å². The summed E-state index contributed by atoms with van der Waals surface area (Å²) in [5.74, 6) is 0. The average molecular weight is 452 g/mol. The van der Waals surface area contributed by atoms with Crippen molar-refractivity contribution in [3.63, 3.8) is 0 Å². The molecule has 0 atom stereocenters. The molecule has 1 aliphatic rings. The van der Waals surface area contributed by atoms with Crippen LogP contribution in [0.25, 0.3) is 11.3 Å². The molecule has 0 saturated carbocycles. The van der Waals surface area contributed by atoms with E-state index in [0.29, 0.717) is 0 Å². The number of para-hydroxylation sites is 1. The lowest BCUT2D eigenvalue weighted by molar-refractivity contribution is 0.257. The Bertz CT molecular complexity index is 983. The average Bonchev–Trinajstić information content (AvgIpc) is 3.23. The Morgan fingerprint density at radius 1 is 0.938 bits per heavy atom. The Balaban J connectivity index is 1.29. The Morgan fingerprint density at radius 2 is 1.62 bits per heavy atom. The molecule has 5 nitrogen and oxygen atoms in total. The lowest BCUT2D eigenvalue weighted by Crippen LogP contribution is -2.48. The number of halogens is 1. The molecule has 0 radical (unpaired) electrons. The van der Waals surface area contributed by atoms with E-state index in [0.717, 1.165) is 67.8 Å². The molecule has 0 unspecified atom stereocenters. The van der Waals surface area contributed by atoms with Gasteiger partial charge < -0.3 is 10.2 Å². The van der Waals surface area contributed by atoms with Crippen molar-refractivity contribution in [2.45, 2.75) is 32.9 Å². The zero-order chi connectivity index (χ0) is 22.6. The fourth-order valence-corrected chi connectivity index (χ4v) is 4.30. The molecule has 32 heavy (non-hydrogen) atoms. The van der Waals surface area contributed by atoms with E-state index in [4.69, 9.17) is 16.7 Å². The predicted octanol–water partition coefficient (Wildman–Crippen LogP) is 4.87. The summed E-state index contributed by atoms with van der Waals surface area (Å²) >= 11 is 6.08. The minimum atomic E-state index is -0.0916. The lowest BCUT2D eigenvalue weighted by Gasteiger charge is -2.36. The summed E-state index contributed by atoms with van der Waals surface area (Å²) in [6.07, 6.45) is 0. The van der Waals surface area contributed by atoms with Crippen molar-refractivity contribution < 1.29 is 0 Å². The van der Waals surface area contributed by atoms with Gasteiger partial charge in [-0.1, -0.05) is 41.9 Å². The van der Waals surface area contributed by atoms with E-state index in [1.807, 2.05) is 12.1 Å². The maximum Gasteiger partial charge on any atom is 0.0769 e. The van der Waals surface area contributed by atoms with Gasteiger partial charge in [0.2, 0.25) is 0 Å². The molecule has 1 fully saturated rings.